The first-order valence-corrected chi connectivity index (χ1v) is 16.1. The first kappa shape index (κ1) is 32.9. The third-order valence-corrected chi connectivity index (χ3v) is 9.32. The number of amides is 2. The number of benzene rings is 4. The second-order valence-electron chi connectivity index (χ2n) is 9.80. The van der Waals surface area contributed by atoms with Crippen molar-refractivity contribution in [3.63, 3.8) is 0 Å². The zero-order valence-electron chi connectivity index (χ0n) is 24.3. The molecule has 4 aromatic rings. The fourth-order valence-corrected chi connectivity index (χ4v) is 6.46. The van der Waals surface area contributed by atoms with Crippen LogP contribution in [0.25, 0.3) is 0 Å². The summed E-state index contributed by atoms with van der Waals surface area (Å²) in [5.41, 5.74) is 1.60. The summed E-state index contributed by atoms with van der Waals surface area (Å²) in [7, 11) is -2.82. The lowest BCUT2D eigenvalue weighted by atomic mass is 10.0. The summed E-state index contributed by atoms with van der Waals surface area (Å²) in [5, 5.41) is 3.44. The summed E-state index contributed by atoms with van der Waals surface area (Å²) in [6, 6.07) is 27.6. The Kier molecular flexibility index (Phi) is 11.3. The van der Waals surface area contributed by atoms with Crippen LogP contribution in [0, 0.1) is 0 Å². The van der Waals surface area contributed by atoms with Crippen molar-refractivity contribution in [1.82, 2.24) is 10.2 Å². The van der Waals surface area contributed by atoms with E-state index >= 15 is 0 Å². The van der Waals surface area contributed by atoms with Gasteiger partial charge in [-0.2, -0.15) is 0 Å². The predicted molar refractivity (Wildman–Crippen MR) is 174 cm³/mol. The van der Waals surface area contributed by atoms with Crippen LogP contribution in [0.2, 0.25) is 10.0 Å². The standard InChI is InChI=1S/C33H33Cl2N3O5S/c1-3-43-31-16-10-9-15-29(31)38(44(41,42)27-19-17-26(34)18-20-27)23-32(39)37(22-25-13-7-8-14-28(25)35)30(33(40)36-2)21-24-11-5-4-6-12-24/h4-20,30H,3,21-23H2,1-2H3,(H,36,40). The van der Waals surface area contributed by atoms with Gasteiger partial charge in [-0.1, -0.05) is 83.9 Å². The molecule has 2 amide bonds. The minimum absolute atomic E-state index is 0.0363. The molecule has 230 valence electrons. The molecule has 0 fully saturated rings. The summed E-state index contributed by atoms with van der Waals surface area (Å²) >= 11 is 12.5. The highest BCUT2D eigenvalue weighted by molar-refractivity contribution is 7.92. The van der Waals surface area contributed by atoms with E-state index in [1.54, 1.807) is 55.5 Å². The van der Waals surface area contributed by atoms with Crippen LogP contribution in [0.15, 0.2) is 108 Å². The molecule has 0 bridgehead atoms. The predicted octanol–water partition coefficient (Wildman–Crippen LogP) is 5.97. The van der Waals surface area contributed by atoms with Crippen molar-refractivity contribution in [2.45, 2.75) is 30.8 Å². The molecule has 0 aliphatic heterocycles. The van der Waals surface area contributed by atoms with Crippen molar-refractivity contribution in [3.05, 3.63) is 124 Å². The molecule has 1 N–H and O–H groups in total. The van der Waals surface area contributed by atoms with E-state index in [0.29, 0.717) is 15.6 Å². The Morgan fingerprint density at radius 2 is 1.50 bits per heavy atom. The van der Waals surface area contributed by atoms with E-state index in [2.05, 4.69) is 5.32 Å². The maximum atomic E-state index is 14.4. The highest BCUT2D eigenvalue weighted by Crippen LogP contribution is 2.33. The lowest BCUT2D eigenvalue weighted by Gasteiger charge is -2.34. The van der Waals surface area contributed by atoms with Crippen molar-refractivity contribution in [3.8, 4) is 5.75 Å². The number of halogens is 2. The molecule has 0 heterocycles. The van der Waals surface area contributed by atoms with Crippen LogP contribution < -0.4 is 14.4 Å². The van der Waals surface area contributed by atoms with Gasteiger partial charge in [0, 0.05) is 30.1 Å². The lowest BCUT2D eigenvalue weighted by molar-refractivity contribution is -0.139. The van der Waals surface area contributed by atoms with Crippen LogP contribution in [-0.2, 0) is 32.6 Å². The number of hydrogen-bond acceptors (Lipinski definition) is 5. The third kappa shape index (κ3) is 7.91. The van der Waals surface area contributed by atoms with E-state index in [1.165, 1.54) is 36.2 Å². The SMILES string of the molecule is CCOc1ccccc1N(CC(=O)N(Cc1ccccc1Cl)C(Cc1ccccc1)C(=O)NC)S(=O)(=O)c1ccc(Cl)cc1. The molecular formula is C33H33Cl2N3O5S. The smallest absolute Gasteiger partial charge is 0.264 e. The molecule has 0 aromatic heterocycles. The van der Waals surface area contributed by atoms with Crippen LogP contribution >= 0.6 is 23.2 Å². The van der Waals surface area contributed by atoms with Crippen LogP contribution in [0.1, 0.15) is 18.1 Å². The van der Waals surface area contributed by atoms with Gasteiger partial charge in [-0.3, -0.25) is 13.9 Å². The van der Waals surface area contributed by atoms with Gasteiger partial charge in [-0.15, -0.1) is 0 Å². The molecule has 4 aromatic carbocycles. The molecule has 11 heteroatoms. The van der Waals surface area contributed by atoms with E-state index in [9.17, 15) is 18.0 Å². The molecule has 44 heavy (non-hydrogen) atoms. The lowest BCUT2D eigenvalue weighted by Crippen LogP contribution is -2.53. The molecule has 0 aliphatic rings. The average Bonchev–Trinajstić information content (AvgIpc) is 3.03. The van der Waals surface area contributed by atoms with Gasteiger partial charge in [0.1, 0.15) is 18.3 Å². The van der Waals surface area contributed by atoms with Crippen molar-refractivity contribution < 1.29 is 22.7 Å². The van der Waals surface area contributed by atoms with Crippen LogP contribution in [0.5, 0.6) is 5.75 Å². The Balaban J connectivity index is 1.83. The number of hydrogen-bond donors (Lipinski definition) is 1. The number of para-hydroxylation sites is 2. The Labute approximate surface area is 268 Å². The zero-order chi connectivity index (χ0) is 31.7. The average molecular weight is 655 g/mol. The summed E-state index contributed by atoms with van der Waals surface area (Å²) in [6.45, 7) is 1.39. The molecule has 0 saturated heterocycles. The zero-order valence-corrected chi connectivity index (χ0v) is 26.6. The summed E-state index contributed by atoms with van der Waals surface area (Å²) in [6.07, 6.45) is 0.191. The van der Waals surface area contributed by atoms with Crippen LogP contribution in [0.4, 0.5) is 5.69 Å². The Bertz CT molecular complexity index is 1690. The Hall–Kier alpha value is -4.05. The van der Waals surface area contributed by atoms with Gasteiger partial charge >= 0.3 is 0 Å². The van der Waals surface area contributed by atoms with Crippen molar-refractivity contribution in [1.29, 1.82) is 0 Å². The highest BCUT2D eigenvalue weighted by Gasteiger charge is 2.35. The number of rotatable bonds is 13. The van der Waals surface area contributed by atoms with Crippen molar-refractivity contribution >= 4 is 50.7 Å². The number of nitrogens with one attached hydrogen (secondary N) is 1. The largest absolute Gasteiger partial charge is 0.492 e. The van der Waals surface area contributed by atoms with Crippen LogP contribution in [-0.4, -0.2) is 51.4 Å². The summed E-state index contributed by atoms with van der Waals surface area (Å²) < 4.78 is 35.1. The summed E-state index contributed by atoms with van der Waals surface area (Å²) in [4.78, 5) is 29.1. The maximum Gasteiger partial charge on any atom is 0.264 e. The van der Waals surface area contributed by atoms with Crippen molar-refractivity contribution in [2.24, 2.45) is 0 Å². The van der Waals surface area contributed by atoms with E-state index in [-0.39, 0.29) is 35.9 Å². The monoisotopic (exact) mass is 653 g/mol. The minimum Gasteiger partial charge on any atom is -0.492 e. The van der Waals surface area contributed by atoms with E-state index in [0.717, 1.165) is 9.87 Å². The second-order valence-corrected chi connectivity index (χ2v) is 12.5. The third-order valence-electron chi connectivity index (χ3n) is 6.93. The molecule has 4 rings (SSSR count). The normalized spacial score (nSPS) is 11.8. The highest BCUT2D eigenvalue weighted by atomic mass is 35.5. The topological polar surface area (TPSA) is 96.0 Å². The molecular weight excluding hydrogens is 621 g/mol. The second kappa shape index (κ2) is 15.1. The first-order chi connectivity index (χ1) is 21.1. The fourth-order valence-electron chi connectivity index (χ4n) is 4.72. The quantitative estimate of drug-likeness (QED) is 0.192. The number of carbonyl (C=O) groups is 2. The van der Waals surface area contributed by atoms with E-state index < -0.39 is 34.4 Å². The van der Waals surface area contributed by atoms with Gasteiger partial charge < -0.3 is 15.0 Å². The van der Waals surface area contributed by atoms with Gasteiger partial charge in [-0.05, 0) is 60.5 Å². The van der Waals surface area contributed by atoms with Gasteiger partial charge in [0.15, 0.2) is 0 Å². The number of anilines is 1. The van der Waals surface area contributed by atoms with Crippen LogP contribution in [0.3, 0.4) is 0 Å². The van der Waals surface area contributed by atoms with E-state index in [1.807, 2.05) is 30.3 Å². The first-order valence-electron chi connectivity index (χ1n) is 13.9. The molecule has 0 radical (unpaired) electrons. The number of nitrogens with zero attached hydrogens (tertiary/aromatic N) is 2. The number of ether oxygens (including phenoxy) is 1. The van der Waals surface area contributed by atoms with Gasteiger partial charge in [0.25, 0.3) is 10.0 Å². The molecule has 0 spiro atoms. The fraction of sp³-hybridized carbons (Fsp3) is 0.212. The molecule has 1 unspecified atom stereocenters. The minimum atomic E-state index is -4.31. The van der Waals surface area contributed by atoms with Crippen molar-refractivity contribution in [2.75, 3.05) is 24.5 Å². The van der Waals surface area contributed by atoms with E-state index in [4.69, 9.17) is 27.9 Å². The maximum absolute atomic E-state index is 14.4. The number of carbonyl (C=O) groups excluding carboxylic acids is 2. The Morgan fingerprint density at radius 1 is 0.864 bits per heavy atom. The number of likely N-dealkylation sites (N-methyl/N-ethyl adjacent to an activating group) is 1. The number of sulfonamides is 1. The van der Waals surface area contributed by atoms with Gasteiger partial charge in [0.2, 0.25) is 11.8 Å². The Morgan fingerprint density at radius 3 is 2.16 bits per heavy atom. The molecule has 1 atom stereocenters. The summed E-state index contributed by atoms with van der Waals surface area (Å²) in [5.74, 6) is -0.737. The van der Waals surface area contributed by atoms with Gasteiger partial charge in [-0.25, -0.2) is 8.42 Å². The molecule has 8 nitrogen and oxygen atoms in total. The molecule has 0 aliphatic carbocycles. The van der Waals surface area contributed by atoms with Gasteiger partial charge in [0.05, 0.1) is 17.2 Å². The molecule has 0 saturated carbocycles.